The molecule has 0 aliphatic rings. The Labute approximate surface area is 180 Å². The van der Waals surface area contributed by atoms with E-state index in [1.54, 1.807) is 24.3 Å². The minimum Gasteiger partial charge on any atom is -0.324 e. The van der Waals surface area contributed by atoms with Crippen LogP contribution in [-0.2, 0) is 11.0 Å². The average Bonchev–Trinajstić information content (AvgIpc) is 2.62. The van der Waals surface area contributed by atoms with Gasteiger partial charge in [0.25, 0.3) is 0 Å². The first kappa shape index (κ1) is 24.2. The Hall–Kier alpha value is -2.09. The van der Waals surface area contributed by atoms with E-state index < -0.39 is 23.7 Å². The van der Waals surface area contributed by atoms with Crippen molar-refractivity contribution in [2.45, 2.75) is 26.1 Å². The maximum absolute atomic E-state index is 13.4. The molecule has 0 heterocycles. The minimum absolute atomic E-state index is 0.0523. The molecule has 8 heteroatoms. The predicted octanol–water partition coefficient (Wildman–Crippen LogP) is 5.22. The van der Waals surface area contributed by atoms with Crippen LogP contribution >= 0.6 is 11.6 Å². The number of hydrogen-bond acceptors (Lipinski definition) is 3. The lowest BCUT2D eigenvalue weighted by Crippen LogP contribution is -2.42. The lowest BCUT2D eigenvalue weighted by molar-refractivity contribution is -0.137. The highest BCUT2D eigenvalue weighted by molar-refractivity contribution is 6.30. The van der Waals surface area contributed by atoms with Crippen molar-refractivity contribution < 1.29 is 18.0 Å². The van der Waals surface area contributed by atoms with Gasteiger partial charge in [0, 0.05) is 18.1 Å². The SMILES string of the molecule is CN(C)CC(C)(C)CN[C@H](C(=O)Nc1ccc(Cl)cc1C(F)(F)F)c1ccccc1. The second-order valence-electron chi connectivity index (χ2n) is 8.30. The summed E-state index contributed by atoms with van der Waals surface area (Å²) in [7, 11) is 3.92. The van der Waals surface area contributed by atoms with Crippen LogP contribution in [0.4, 0.5) is 18.9 Å². The first-order chi connectivity index (χ1) is 13.9. The van der Waals surface area contributed by atoms with Crippen LogP contribution in [0.15, 0.2) is 48.5 Å². The van der Waals surface area contributed by atoms with Crippen LogP contribution in [0.2, 0.25) is 5.02 Å². The Morgan fingerprint density at radius 1 is 1.10 bits per heavy atom. The molecule has 2 N–H and O–H groups in total. The summed E-state index contributed by atoms with van der Waals surface area (Å²) < 4.78 is 40.2. The topological polar surface area (TPSA) is 44.4 Å². The number of nitrogens with zero attached hydrogens (tertiary/aromatic N) is 1. The number of halogens is 4. The number of rotatable bonds is 8. The van der Waals surface area contributed by atoms with E-state index in [2.05, 4.69) is 24.5 Å². The Morgan fingerprint density at radius 2 is 1.73 bits per heavy atom. The highest BCUT2D eigenvalue weighted by Gasteiger charge is 2.35. The summed E-state index contributed by atoms with van der Waals surface area (Å²) in [5, 5.41) is 5.60. The summed E-state index contributed by atoms with van der Waals surface area (Å²) in [5.74, 6) is -0.574. The molecule has 0 aliphatic carbocycles. The fraction of sp³-hybridized carbons (Fsp3) is 0.409. The van der Waals surface area contributed by atoms with Gasteiger partial charge in [0.2, 0.25) is 5.91 Å². The monoisotopic (exact) mass is 441 g/mol. The summed E-state index contributed by atoms with van der Waals surface area (Å²) in [5.41, 5.74) is -0.803. The van der Waals surface area contributed by atoms with Gasteiger partial charge >= 0.3 is 6.18 Å². The van der Waals surface area contributed by atoms with E-state index in [0.29, 0.717) is 12.1 Å². The molecule has 1 amide bonds. The summed E-state index contributed by atoms with van der Waals surface area (Å²) in [6.07, 6.45) is -4.64. The zero-order chi connectivity index (χ0) is 22.5. The Balaban J connectivity index is 2.29. The van der Waals surface area contributed by atoms with Crippen molar-refractivity contribution in [3.8, 4) is 0 Å². The molecule has 0 fully saturated rings. The van der Waals surface area contributed by atoms with Crippen LogP contribution in [0, 0.1) is 5.41 Å². The molecule has 2 rings (SSSR count). The van der Waals surface area contributed by atoms with E-state index in [-0.39, 0.29) is 16.1 Å². The first-order valence-corrected chi connectivity index (χ1v) is 9.87. The van der Waals surface area contributed by atoms with Crippen LogP contribution in [0.1, 0.15) is 31.0 Å². The molecule has 30 heavy (non-hydrogen) atoms. The number of carbonyl (C=O) groups excluding carboxylic acids is 1. The molecule has 4 nitrogen and oxygen atoms in total. The minimum atomic E-state index is -4.64. The van der Waals surface area contributed by atoms with Gasteiger partial charge in [0.05, 0.1) is 11.3 Å². The van der Waals surface area contributed by atoms with Gasteiger partial charge in [-0.05, 0) is 43.3 Å². The predicted molar refractivity (Wildman–Crippen MR) is 115 cm³/mol. The molecule has 0 aromatic heterocycles. The fourth-order valence-corrected chi connectivity index (χ4v) is 3.53. The van der Waals surface area contributed by atoms with Gasteiger partial charge in [-0.1, -0.05) is 55.8 Å². The van der Waals surface area contributed by atoms with Crippen molar-refractivity contribution in [1.29, 1.82) is 0 Å². The van der Waals surface area contributed by atoms with Crippen molar-refractivity contribution in [3.05, 3.63) is 64.7 Å². The number of hydrogen-bond donors (Lipinski definition) is 2. The molecular formula is C22H27ClF3N3O. The molecule has 2 aromatic carbocycles. The molecule has 2 aromatic rings. The lowest BCUT2D eigenvalue weighted by Gasteiger charge is -2.31. The molecule has 1 atom stereocenters. The van der Waals surface area contributed by atoms with Crippen LogP contribution in [0.25, 0.3) is 0 Å². The summed E-state index contributed by atoms with van der Waals surface area (Å²) in [4.78, 5) is 15.1. The van der Waals surface area contributed by atoms with E-state index in [0.717, 1.165) is 12.6 Å². The van der Waals surface area contributed by atoms with Gasteiger partial charge in [-0.2, -0.15) is 13.2 Å². The van der Waals surface area contributed by atoms with Gasteiger partial charge in [-0.25, -0.2) is 0 Å². The van der Waals surface area contributed by atoms with E-state index in [9.17, 15) is 18.0 Å². The highest BCUT2D eigenvalue weighted by atomic mass is 35.5. The number of amides is 1. The molecule has 164 valence electrons. The Morgan fingerprint density at radius 3 is 2.30 bits per heavy atom. The molecule has 0 saturated heterocycles. The van der Waals surface area contributed by atoms with Crippen molar-refractivity contribution in [1.82, 2.24) is 10.2 Å². The third-order valence-corrected chi connectivity index (χ3v) is 4.70. The highest BCUT2D eigenvalue weighted by Crippen LogP contribution is 2.37. The Kier molecular flexibility index (Phi) is 7.91. The number of nitrogens with one attached hydrogen (secondary N) is 2. The Bertz CT molecular complexity index is 854. The van der Waals surface area contributed by atoms with Crippen LogP contribution in [0.3, 0.4) is 0 Å². The standard InChI is InChI=1S/C22H27ClF3N3O/c1-21(2,14-29(3)4)13-27-19(15-8-6-5-7-9-15)20(30)28-18-11-10-16(23)12-17(18)22(24,25)26/h5-12,19,27H,13-14H2,1-4H3,(H,28,30)/t19-/m0/s1. The maximum atomic E-state index is 13.4. The quantitative estimate of drug-likeness (QED) is 0.590. The van der Waals surface area contributed by atoms with Gasteiger partial charge in [0.15, 0.2) is 0 Å². The summed E-state index contributed by atoms with van der Waals surface area (Å²) >= 11 is 5.73. The van der Waals surface area contributed by atoms with E-state index in [4.69, 9.17) is 11.6 Å². The normalized spacial score (nSPS) is 13.4. The van der Waals surface area contributed by atoms with Crippen molar-refractivity contribution in [2.24, 2.45) is 5.41 Å². The number of anilines is 1. The third kappa shape index (κ3) is 7.00. The second kappa shape index (κ2) is 9.81. The summed E-state index contributed by atoms with van der Waals surface area (Å²) in [6, 6.07) is 11.4. The van der Waals surface area contributed by atoms with E-state index in [1.807, 2.05) is 25.1 Å². The van der Waals surface area contributed by atoms with Crippen molar-refractivity contribution >= 4 is 23.2 Å². The maximum Gasteiger partial charge on any atom is 0.418 e. The second-order valence-corrected chi connectivity index (χ2v) is 8.74. The van der Waals surface area contributed by atoms with Crippen LogP contribution in [-0.4, -0.2) is 38.0 Å². The van der Waals surface area contributed by atoms with Gasteiger partial charge < -0.3 is 15.5 Å². The number of alkyl halides is 3. The largest absolute Gasteiger partial charge is 0.418 e. The fourth-order valence-electron chi connectivity index (χ4n) is 3.36. The van der Waals surface area contributed by atoms with Gasteiger partial charge in [-0.3, -0.25) is 4.79 Å². The van der Waals surface area contributed by atoms with Gasteiger partial charge in [0.1, 0.15) is 6.04 Å². The first-order valence-electron chi connectivity index (χ1n) is 9.50. The number of benzene rings is 2. The average molecular weight is 442 g/mol. The zero-order valence-corrected chi connectivity index (χ0v) is 18.2. The molecule has 0 radical (unpaired) electrons. The van der Waals surface area contributed by atoms with Gasteiger partial charge in [-0.15, -0.1) is 0 Å². The van der Waals surface area contributed by atoms with Crippen molar-refractivity contribution in [3.63, 3.8) is 0 Å². The molecule has 0 unspecified atom stereocenters. The van der Waals surface area contributed by atoms with Crippen LogP contribution < -0.4 is 10.6 Å². The zero-order valence-electron chi connectivity index (χ0n) is 17.5. The molecule has 0 saturated carbocycles. The lowest BCUT2D eigenvalue weighted by atomic mass is 9.92. The molecule has 0 spiro atoms. The summed E-state index contributed by atoms with van der Waals surface area (Å²) in [6.45, 7) is 5.38. The van der Waals surface area contributed by atoms with Crippen LogP contribution in [0.5, 0.6) is 0 Å². The smallest absolute Gasteiger partial charge is 0.324 e. The number of carbonyl (C=O) groups is 1. The third-order valence-electron chi connectivity index (χ3n) is 4.47. The molecule has 0 aliphatic heterocycles. The molecule has 0 bridgehead atoms. The van der Waals surface area contributed by atoms with E-state index >= 15 is 0 Å². The molecular weight excluding hydrogens is 415 g/mol. The van der Waals surface area contributed by atoms with Crippen molar-refractivity contribution in [2.75, 3.05) is 32.5 Å². The van der Waals surface area contributed by atoms with E-state index in [1.165, 1.54) is 12.1 Å².